The lowest BCUT2D eigenvalue weighted by atomic mass is 10.0. The molecule has 0 spiro atoms. The number of rotatable bonds is 3. The van der Waals surface area contributed by atoms with Gasteiger partial charge < -0.3 is 14.0 Å². The van der Waals surface area contributed by atoms with E-state index in [1.807, 2.05) is 37.4 Å². The van der Waals surface area contributed by atoms with E-state index in [0.29, 0.717) is 0 Å². The third-order valence-corrected chi connectivity index (χ3v) is 3.59. The van der Waals surface area contributed by atoms with Crippen LogP contribution in [0.3, 0.4) is 0 Å². The minimum atomic E-state index is 0.820. The van der Waals surface area contributed by atoms with Crippen molar-refractivity contribution in [2.24, 2.45) is 7.05 Å². The molecule has 0 fully saturated rings. The fraction of sp³-hybridized carbons (Fsp3) is 0.176. The zero-order chi connectivity index (χ0) is 14.1. The van der Waals surface area contributed by atoms with Crippen molar-refractivity contribution in [3.63, 3.8) is 0 Å². The smallest absolute Gasteiger partial charge is 0.130 e. The standard InChI is InChI=1S/C17H17NO2/c1-18-11-13(12-7-4-5-8-14(12)18)17-15(19-2)9-6-10-16(17)20-3/h4-11H,1-3H3. The molecule has 0 amide bonds. The van der Waals surface area contributed by atoms with Crippen molar-refractivity contribution in [1.82, 2.24) is 4.57 Å². The molecule has 0 saturated carbocycles. The molecule has 0 aliphatic carbocycles. The van der Waals surface area contributed by atoms with Crippen LogP contribution in [0.15, 0.2) is 48.7 Å². The van der Waals surface area contributed by atoms with Gasteiger partial charge in [-0.05, 0) is 18.2 Å². The largest absolute Gasteiger partial charge is 0.496 e. The summed E-state index contributed by atoms with van der Waals surface area (Å²) in [5.41, 5.74) is 3.31. The number of methoxy groups -OCH3 is 2. The fourth-order valence-corrected chi connectivity index (χ4v) is 2.66. The van der Waals surface area contributed by atoms with Crippen molar-refractivity contribution in [3.8, 4) is 22.6 Å². The second kappa shape index (κ2) is 4.93. The van der Waals surface area contributed by atoms with E-state index in [2.05, 4.69) is 22.9 Å². The molecule has 2 aromatic carbocycles. The quantitative estimate of drug-likeness (QED) is 0.719. The lowest BCUT2D eigenvalue weighted by Gasteiger charge is -2.12. The van der Waals surface area contributed by atoms with Crippen LogP contribution in [-0.4, -0.2) is 18.8 Å². The third-order valence-electron chi connectivity index (χ3n) is 3.59. The second-order valence-corrected chi connectivity index (χ2v) is 4.71. The summed E-state index contributed by atoms with van der Waals surface area (Å²) in [5.74, 6) is 1.64. The van der Waals surface area contributed by atoms with Gasteiger partial charge in [0.15, 0.2) is 0 Å². The molecule has 3 heteroatoms. The molecule has 3 rings (SSSR count). The predicted molar refractivity (Wildman–Crippen MR) is 81.5 cm³/mol. The van der Waals surface area contributed by atoms with Crippen molar-refractivity contribution < 1.29 is 9.47 Å². The molecule has 0 atom stereocenters. The van der Waals surface area contributed by atoms with Crippen LogP contribution < -0.4 is 9.47 Å². The Labute approximate surface area is 118 Å². The summed E-state index contributed by atoms with van der Waals surface area (Å²) in [4.78, 5) is 0. The lowest BCUT2D eigenvalue weighted by molar-refractivity contribution is 0.397. The van der Waals surface area contributed by atoms with Gasteiger partial charge in [0.05, 0.1) is 19.8 Å². The van der Waals surface area contributed by atoms with Crippen molar-refractivity contribution in [1.29, 1.82) is 0 Å². The molecule has 0 unspecified atom stereocenters. The van der Waals surface area contributed by atoms with Crippen LogP contribution in [0.5, 0.6) is 11.5 Å². The van der Waals surface area contributed by atoms with Crippen LogP contribution in [0.4, 0.5) is 0 Å². The molecule has 1 heterocycles. The Hall–Kier alpha value is -2.42. The van der Waals surface area contributed by atoms with Gasteiger partial charge >= 0.3 is 0 Å². The summed E-state index contributed by atoms with van der Waals surface area (Å²) >= 11 is 0. The van der Waals surface area contributed by atoms with Crippen LogP contribution >= 0.6 is 0 Å². The highest BCUT2D eigenvalue weighted by Gasteiger charge is 2.16. The highest BCUT2D eigenvalue weighted by Crippen LogP contribution is 2.41. The zero-order valence-electron chi connectivity index (χ0n) is 11.9. The normalized spacial score (nSPS) is 10.8. The van der Waals surface area contributed by atoms with Gasteiger partial charge in [-0.15, -0.1) is 0 Å². The fourth-order valence-electron chi connectivity index (χ4n) is 2.66. The van der Waals surface area contributed by atoms with E-state index in [-0.39, 0.29) is 0 Å². The Kier molecular flexibility index (Phi) is 3.11. The van der Waals surface area contributed by atoms with Gasteiger partial charge in [0, 0.05) is 29.7 Å². The maximum absolute atomic E-state index is 5.51. The maximum Gasteiger partial charge on any atom is 0.130 e. The zero-order valence-corrected chi connectivity index (χ0v) is 11.9. The van der Waals surface area contributed by atoms with Crippen molar-refractivity contribution >= 4 is 10.9 Å². The van der Waals surface area contributed by atoms with E-state index in [9.17, 15) is 0 Å². The maximum atomic E-state index is 5.51. The molecule has 3 nitrogen and oxygen atoms in total. The Bertz CT molecular complexity index is 737. The monoisotopic (exact) mass is 267 g/mol. The topological polar surface area (TPSA) is 23.4 Å². The first-order chi connectivity index (χ1) is 9.76. The number of aromatic nitrogens is 1. The highest BCUT2D eigenvalue weighted by atomic mass is 16.5. The van der Waals surface area contributed by atoms with Gasteiger partial charge in [0.2, 0.25) is 0 Å². The van der Waals surface area contributed by atoms with Crippen LogP contribution in [0.25, 0.3) is 22.0 Å². The number of para-hydroxylation sites is 1. The van der Waals surface area contributed by atoms with Crippen molar-refractivity contribution in [2.75, 3.05) is 14.2 Å². The Balaban J connectivity index is 2.36. The molecule has 102 valence electrons. The molecular formula is C17H17NO2. The van der Waals surface area contributed by atoms with Crippen LogP contribution in [0.2, 0.25) is 0 Å². The molecule has 0 radical (unpaired) electrons. The van der Waals surface area contributed by atoms with E-state index in [1.54, 1.807) is 14.2 Å². The molecule has 1 aromatic heterocycles. The first-order valence-electron chi connectivity index (χ1n) is 6.51. The number of aryl methyl sites for hydroxylation is 1. The van der Waals surface area contributed by atoms with Crippen LogP contribution in [0.1, 0.15) is 0 Å². The average molecular weight is 267 g/mol. The molecule has 0 aliphatic heterocycles. The van der Waals surface area contributed by atoms with E-state index in [4.69, 9.17) is 9.47 Å². The van der Waals surface area contributed by atoms with Gasteiger partial charge in [-0.1, -0.05) is 24.3 Å². The number of benzene rings is 2. The summed E-state index contributed by atoms with van der Waals surface area (Å²) in [7, 11) is 5.42. The number of fused-ring (bicyclic) bond motifs is 1. The van der Waals surface area contributed by atoms with E-state index >= 15 is 0 Å². The lowest BCUT2D eigenvalue weighted by Crippen LogP contribution is -1.92. The molecule has 3 aromatic rings. The molecule has 20 heavy (non-hydrogen) atoms. The molecule has 0 aliphatic rings. The number of hydrogen-bond donors (Lipinski definition) is 0. The summed E-state index contributed by atoms with van der Waals surface area (Å²) < 4.78 is 13.1. The number of ether oxygens (including phenoxy) is 2. The first kappa shape index (κ1) is 12.6. The molecule has 0 bridgehead atoms. The van der Waals surface area contributed by atoms with E-state index in [1.165, 1.54) is 10.9 Å². The minimum Gasteiger partial charge on any atom is -0.496 e. The van der Waals surface area contributed by atoms with Gasteiger partial charge in [-0.2, -0.15) is 0 Å². The minimum absolute atomic E-state index is 0.820. The molecule has 0 N–H and O–H groups in total. The van der Waals surface area contributed by atoms with Crippen molar-refractivity contribution in [2.45, 2.75) is 0 Å². The SMILES string of the molecule is COc1cccc(OC)c1-c1cn(C)c2ccccc12. The van der Waals surface area contributed by atoms with E-state index in [0.717, 1.165) is 22.6 Å². The van der Waals surface area contributed by atoms with Gasteiger partial charge in [0.1, 0.15) is 11.5 Å². The van der Waals surface area contributed by atoms with E-state index < -0.39 is 0 Å². The Morgan fingerprint density at radius 3 is 2.15 bits per heavy atom. The highest BCUT2D eigenvalue weighted by molar-refractivity contribution is 5.99. The van der Waals surface area contributed by atoms with Gasteiger partial charge in [-0.3, -0.25) is 0 Å². The predicted octanol–water partition coefficient (Wildman–Crippen LogP) is 3.86. The molecule has 0 saturated heterocycles. The summed E-state index contributed by atoms with van der Waals surface area (Å²) in [5, 5.41) is 1.19. The number of hydrogen-bond acceptors (Lipinski definition) is 2. The second-order valence-electron chi connectivity index (χ2n) is 4.71. The summed E-state index contributed by atoms with van der Waals surface area (Å²) in [6.07, 6.45) is 2.12. The van der Waals surface area contributed by atoms with Crippen LogP contribution in [-0.2, 0) is 7.05 Å². The molecular weight excluding hydrogens is 250 g/mol. The van der Waals surface area contributed by atoms with Crippen molar-refractivity contribution in [3.05, 3.63) is 48.7 Å². The first-order valence-corrected chi connectivity index (χ1v) is 6.51. The Morgan fingerprint density at radius 1 is 0.850 bits per heavy atom. The number of nitrogens with zero attached hydrogens (tertiary/aromatic N) is 1. The van der Waals surface area contributed by atoms with Gasteiger partial charge in [0.25, 0.3) is 0 Å². The average Bonchev–Trinajstić information content (AvgIpc) is 2.83. The van der Waals surface area contributed by atoms with Crippen LogP contribution in [0, 0.1) is 0 Å². The third kappa shape index (κ3) is 1.83. The van der Waals surface area contributed by atoms with Gasteiger partial charge in [-0.25, -0.2) is 0 Å². The summed E-state index contributed by atoms with van der Waals surface area (Å²) in [6.45, 7) is 0. The Morgan fingerprint density at radius 2 is 1.50 bits per heavy atom. The summed E-state index contributed by atoms with van der Waals surface area (Å²) in [6, 6.07) is 14.2.